The molecule has 4 aromatic rings. The van der Waals surface area contributed by atoms with Crippen LogP contribution in [0.15, 0.2) is 63.4 Å². The highest BCUT2D eigenvalue weighted by Gasteiger charge is 2.14. The summed E-state index contributed by atoms with van der Waals surface area (Å²) in [6.07, 6.45) is 0. The summed E-state index contributed by atoms with van der Waals surface area (Å²) < 4.78 is 11.1. The van der Waals surface area contributed by atoms with E-state index in [1.807, 2.05) is 18.2 Å². The molecule has 6 heteroatoms. The molecule has 0 saturated carbocycles. The summed E-state index contributed by atoms with van der Waals surface area (Å²) in [5.74, 6) is 0.969. The molecule has 4 rings (SSSR count). The van der Waals surface area contributed by atoms with E-state index < -0.39 is 0 Å². The number of benzene rings is 2. The van der Waals surface area contributed by atoms with Crippen LogP contribution in [0.1, 0.15) is 16.4 Å². The van der Waals surface area contributed by atoms with Gasteiger partial charge in [0.1, 0.15) is 11.3 Å². The maximum Gasteiger partial charge on any atom is 0.291 e. The number of rotatable bonds is 3. The molecule has 0 atom stereocenters. The lowest BCUT2D eigenvalue weighted by Gasteiger charge is -2.03. The van der Waals surface area contributed by atoms with Gasteiger partial charge in [-0.15, -0.1) is 0 Å². The average molecular weight is 353 g/mol. The van der Waals surface area contributed by atoms with E-state index in [-0.39, 0.29) is 11.7 Å². The Morgan fingerprint density at radius 2 is 1.92 bits per heavy atom. The quantitative estimate of drug-likeness (QED) is 0.543. The summed E-state index contributed by atoms with van der Waals surface area (Å²) in [6.45, 7) is 1.78. The first-order chi connectivity index (χ1) is 12.1. The second kappa shape index (κ2) is 6.11. The van der Waals surface area contributed by atoms with Crippen molar-refractivity contribution in [2.24, 2.45) is 0 Å². The lowest BCUT2D eigenvalue weighted by molar-refractivity contribution is 0.0997. The molecule has 2 aromatic heterocycles. The van der Waals surface area contributed by atoms with Crippen molar-refractivity contribution in [2.45, 2.75) is 6.92 Å². The van der Waals surface area contributed by atoms with Crippen LogP contribution in [0.25, 0.3) is 22.4 Å². The summed E-state index contributed by atoms with van der Waals surface area (Å²) in [6, 6.07) is 15.9. The van der Waals surface area contributed by atoms with Crippen LogP contribution in [0.2, 0.25) is 5.02 Å². The molecule has 1 amide bonds. The van der Waals surface area contributed by atoms with Gasteiger partial charge < -0.3 is 14.2 Å². The van der Waals surface area contributed by atoms with Crippen molar-refractivity contribution >= 4 is 34.3 Å². The molecule has 5 nitrogen and oxygen atoms in total. The van der Waals surface area contributed by atoms with Crippen LogP contribution in [0.4, 0.5) is 5.69 Å². The van der Waals surface area contributed by atoms with Gasteiger partial charge in [-0.2, -0.15) is 0 Å². The first-order valence-electron chi connectivity index (χ1n) is 7.63. The van der Waals surface area contributed by atoms with Crippen LogP contribution in [0, 0.1) is 6.92 Å². The second-order valence-corrected chi connectivity index (χ2v) is 5.92. The molecule has 0 spiro atoms. The van der Waals surface area contributed by atoms with E-state index in [0.717, 1.165) is 5.56 Å². The highest BCUT2D eigenvalue weighted by molar-refractivity contribution is 6.33. The number of furan rings is 1. The Balaban J connectivity index is 1.57. The van der Waals surface area contributed by atoms with Gasteiger partial charge in [-0.1, -0.05) is 23.7 Å². The van der Waals surface area contributed by atoms with Crippen LogP contribution in [-0.4, -0.2) is 10.9 Å². The van der Waals surface area contributed by atoms with Crippen LogP contribution in [0.5, 0.6) is 0 Å². The maximum absolute atomic E-state index is 12.4. The highest BCUT2D eigenvalue weighted by Crippen LogP contribution is 2.29. The number of anilines is 1. The normalized spacial score (nSPS) is 11.0. The highest BCUT2D eigenvalue weighted by atomic mass is 35.5. The lowest BCUT2D eigenvalue weighted by Crippen LogP contribution is -2.10. The van der Waals surface area contributed by atoms with Crippen LogP contribution in [-0.2, 0) is 0 Å². The van der Waals surface area contributed by atoms with Gasteiger partial charge >= 0.3 is 0 Å². The molecular weight excluding hydrogens is 340 g/mol. The predicted molar refractivity (Wildman–Crippen MR) is 95.9 cm³/mol. The summed E-state index contributed by atoms with van der Waals surface area (Å²) in [5, 5.41) is 3.36. The molecule has 25 heavy (non-hydrogen) atoms. The van der Waals surface area contributed by atoms with Gasteiger partial charge in [0.05, 0.1) is 5.02 Å². The Labute approximate surface area is 148 Å². The van der Waals surface area contributed by atoms with E-state index in [9.17, 15) is 4.79 Å². The van der Waals surface area contributed by atoms with Crippen molar-refractivity contribution in [1.82, 2.24) is 4.98 Å². The molecule has 0 fully saturated rings. The summed E-state index contributed by atoms with van der Waals surface area (Å²) in [5.41, 5.74) is 2.71. The van der Waals surface area contributed by atoms with Crippen LogP contribution < -0.4 is 5.32 Å². The third kappa shape index (κ3) is 3.02. The SMILES string of the molecule is Cc1nc2cc(NC(=O)c3ccc(-c4ccccc4Cl)o3)ccc2o1. The minimum atomic E-state index is -0.349. The van der Waals surface area contributed by atoms with E-state index in [2.05, 4.69) is 10.3 Å². The first-order valence-corrected chi connectivity index (χ1v) is 8.01. The fourth-order valence-electron chi connectivity index (χ4n) is 2.58. The predicted octanol–water partition coefficient (Wildman–Crippen LogP) is 5.30. The van der Waals surface area contributed by atoms with Crippen molar-refractivity contribution in [3.05, 3.63) is 71.3 Å². The van der Waals surface area contributed by atoms with E-state index >= 15 is 0 Å². The standard InChI is InChI=1S/C19H13ClN2O3/c1-11-21-15-10-12(6-7-17(15)24-11)22-19(23)18-9-8-16(25-18)13-4-2-3-5-14(13)20/h2-10H,1H3,(H,22,23). The summed E-state index contributed by atoms with van der Waals surface area (Å²) in [4.78, 5) is 16.7. The topological polar surface area (TPSA) is 68.3 Å². The third-order valence-corrected chi connectivity index (χ3v) is 4.05. The molecule has 124 valence electrons. The minimum Gasteiger partial charge on any atom is -0.451 e. The summed E-state index contributed by atoms with van der Waals surface area (Å²) in [7, 11) is 0. The van der Waals surface area contributed by atoms with Gasteiger partial charge in [0.2, 0.25) is 0 Å². The fraction of sp³-hybridized carbons (Fsp3) is 0.0526. The van der Waals surface area contributed by atoms with Crippen molar-refractivity contribution in [3.63, 3.8) is 0 Å². The molecule has 0 bridgehead atoms. The number of carbonyl (C=O) groups excluding carboxylic acids is 1. The van der Waals surface area contributed by atoms with Crippen LogP contribution >= 0.6 is 11.6 Å². The molecule has 2 aromatic carbocycles. The molecule has 2 heterocycles. The lowest BCUT2D eigenvalue weighted by atomic mass is 10.2. The first kappa shape index (κ1) is 15.5. The zero-order valence-electron chi connectivity index (χ0n) is 13.2. The number of fused-ring (bicyclic) bond motifs is 1. The smallest absolute Gasteiger partial charge is 0.291 e. The molecule has 0 unspecified atom stereocenters. The van der Waals surface area contributed by atoms with Gasteiger partial charge in [-0.05, 0) is 42.5 Å². The second-order valence-electron chi connectivity index (χ2n) is 5.51. The van der Waals surface area contributed by atoms with E-state index in [4.69, 9.17) is 20.4 Å². The van der Waals surface area contributed by atoms with Crippen LogP contribution in [0.3, 0.4) is 0 Å². The third-order valence-electron chi connectivity index (χ3n) is 3.72. The average Bonchev–Trinajstić information content (AvgIpc) is 3.20. The molecule has 0 aliphatic rings. The Hall–Kier alpha value is -3.05. The molecule has 1 N–H and O–H groups in total. The molecule has 0 radical (unpaired) electrons. The zero-order chi connectivity index (χ0) is 17.4. The number of hydrogen-bond donors (Lipinski definition) is 1. The maximum atomic E-state index is 12.4. The van der Waals surface area contributed by atoms with E-state index in [1.165, 1.54) is 0 Å². The van der Waals surface area contributed by atoms with Gasteiger partial charge in [-0.25, -0.2) is 4.98 Å². The molecule has 0 aliphatic carbocycles. The minimum absolute atomic E-state index is 0.200. The van der Waals surface area contributed by atoms with Crippen molar-refractivity contribution in [1.29, 1.82) is 0 Å². The van der Waals surface area contributed by atoms with Gasteiger partial charge in [-0.3, -0.25) is 4.79 Å². The number of halogens is 1. The number of nitrogens with zero attached hydrogens (tertiary/aromatic N) is 1. The summed E-state index contributed by atoms with van der Waals surface area (Å²) >= 11 is 6.16. The van der Waals surface area contributed by atoms with E-state index in [0.29, 0.717) is 33.5 Å². The number of aryl methyl sites for hydroxylation is 1. The van der Waals surface area contributed by atoms with Crippen molar-refractivity contribution in [2.75, 3.05) is 5.32 Å². The largest absolute Gasteiger partial charge is 0.451 e. The Bertz CT molecular complexity index is 1080. The number of oxazole rings is 1. The Morgan fingerprint density at radius 3 is 2.76 bits per heavy atom. The molecule has 0 aliphatic heterocycles. The Morgan fingerprint density at radius 1 is 1.08 bits per heavy atom. The van der Waals surface area contributed by atoms with Gasteiger partial charge in [0, 0.05) is 18.2 Å². The number of carbonyl (C=O) groups is 1. The number of amides is 1. The number of hydrogen-bond acceptors (Lipinski definition) is 4. The van der Waals surface area contributed by atoms with Gasteiger partial charge in [0.15, 0.2) is 17.2 Å². The number of aromatic nitrogens is 1. The monoisotopic (exact) mass is 352 g/mol. The fourth-order valence-corrected chi connectivity index (χ4v) is 2.81. The number of nitrogens with one attached hydrogen (secondary N) is 1. The van der Waals surface area contributed by atoms with E-state index in [1.54, 1.807) is 43.3 Å². The zero-order valence-corrected chi connectivity index (χ0v) is 14.0. The molecule has 0 saturated heterocycles. The van der Waals surface area contributed by atoms with Crippen molar-refractivity contribution in [3.8, 4) is 11.3 Å². The molecular formula is C19H13ClN2O3. The Kier molecular flexibility index (Phi) is 3.78. The van der Waals surface area contributed by atoms with Gasteiger partial charge in [0.25, 0.3) is 5.91 Å². The van der Waals surface area contributed by atoms with Crippen molar-refractivity contribution < 1.29 is 13.6 Å².